The zero-order valence-corrected chi connectivity index (χ0v) is 9.80. The van der Waals surface area contributed by atoms with Gasteiger partial charge in [0, 0.05) is 15.4 Å². The van der Waals surface area contributed by atoms with Crippen LogP contribution < -0.4 is 0 Å². The highest BCUT2D eigenvalue weighted by Gasteiger charge is 2.08. The van der Waals surface area contributed by atoms with Gasteiger partial charge in [0.15, 0.2) is 5.15 Å². The zero-order valence-electron chi connectivity index (χ0n) is 7.46. The largest absolute Gasteiger partial charge is 0.351 e. The van der Waals surface area contributed by atoms with E-state index < -0.39 is 0 Å². The van der Waals surface area contributed by atoms with Gasteiger partial charge in [-0.2, -0.15) is 0 Å². The number of rotatable bonds is 0. The predicted molar refractivity (Wildman–Crippen MR) is 64.1 cm³/mol. The number of halogens is 2. The molecule has 0 spiro atoms. The molecule has 2 aromatic heterocycles. The second-order valence-corrected chi connectivity index (χ2v) is 4.48. The average molecular weight is 283 g/mol. The molecule has 0 bridgehead atoms. The van der Waals surface area contributed by atoms with Gasteiger partial charge in [0.2, 0.25) is 0 Å². The van der Waals surface area contributed by atoms with Crippen molar-refractivity contribution in [2.24, 2.45) is 0 Å². The molecule has 0 amide bonds. The maximum Gasteiger partial charge on any atom is 0.156 e. The molecule has 15 heavy (non-hydrogen) atoms. The molecular weight excluding hydrogens is 277 g/mol. The van der Waals surface area contributed by atoms with Crippen LogP contribution in [0.25, 0.3) is 21.9 Å². The Morgan fingerprint density at radius 1 is 1.27 bits per heavy atom. The van der Waals surface area contributed by atoms with E-state index >= 15 is 0 Å². The van der Waals surface area contributed by atoms with Crippen LogP contribution >= 0.6 is 27.5 Å². The minimum absolute atomic E-state index is 0.451. The third kappa shape index (κ3) is 1.33. The van der Waals surface area contributed by atoms with Crippen LogP contribution in [0.5, 0.6) is 0 Å². The topological polar surface area (TPSA) is 41.6 Å². The molecule has 2 heterocycles. The van der Waals surface area contributed by atoms with Gasteiger partial charge in [-0.15, -0.1) is 0 Å². The van der Waals surface area contributed by atoms with Gasteiger partial charge in [0.25, 0.3) is 0 Å². The number of fused-ring (bicyclic) bond motifs is 3. The van der Waals surface area contributed by atoms with Gasteiger partial charge in [-0.05, 0) is 18.2 Å². The van der Waals surface area contributed by atoms with Gasteiger partial charge in [0.05, 0.1) is 0 Å². The maximum atomic E-state index is 5.97. The van der Waals surface area contributed by atoms with E-state index in [1.165, 1.54) is 6.33 Å². The van der Waals surface area contributed by atoms with Crippen molar-refractivity contribution in [3.63, 3.8) is 0 Å². The number of nitrogens with zero attached hydrogens (tertiary/aromatic N) is 2. The number of nitrogens with one attached hydrogen (secondary N) is 1. The monoisotopic (exact) mass is 281 g/mol. The molecule has 1 N–H and O–H groups in total. The van der Waals surface area contributed by atoms with E-state index in [4.69, 9.17) is 11.6 Å². The lowest BCUT2D eigenvalue weighted by atomic mass is 10.2. The Bertz CT molecular complexity index is 662. The van der Waals surface area contributed by atoms with Crippen LogP contribution in [0.2, 0.25) is 5.15 Å². The van der Waals surface area contributed by atoms with Crippen molar-refractivity contribution in [3.8, 4) is 0 Å². The fraction of sp³-hybridized carbons (Fsp3) is 0. The Morgan fingerprint density at radius 3 is 3.00 bits per heavy atom. The summed E-state index contributed by atoms with van der Waals surface area (Å²) in [5, 5.41) is 1.50. The van der Waals surface area contributed by atoms with Crippen LogP contribution in [0, 0.1) is 0 Å². The summed E-state index contributed by atoms with van der Waals surface area (Å²) in [6, 6.07) is 5.97. The van der Waals surface area contributed by atoms with Crippen LogP contribution in [0.4, 0.5) is 0 Å². The molecule has 0 saturated heterocycles. The molecule has 0 saturated carbocycles. The number of H-pyrrole nitrogens is 1. The molecule has 3 aromatic rings. The second-order valence-electron chi connectivity index (χ2n) is 3.20. The van der Waals surface area contributed by atoms with Gasteiger partial charge in [-0.25, -0.2) is 9.97 Å². The second kappa shape index (κ2) is 3.18. The summed E-state index contributed by atoms with van der Waals surface area (Å²) in [5.41, 5.74) is 2.65. The van der Waals surface area contributed by atoms with E-state index in [1.807, 2.05) is 18.2 Å². The van der Waals surface area contributed by atoms with E-state index in [-0.39, 0.29) is 0 Å². The quantitative estimate of drug-likeness (QED) is 0.641. The maximum absolute atomic E-state index is 5.97. The summed E-state index contributed by atoms with van der Waals surface area (Å²) in [6.45, 7) is 0. The van der Waals surface area contributed by atoms with Crippen LogP contribution in [0.1, 0.15) is 0 Å². The van der Waals surface area contributed by atoms with Crippen molar-refractivity contribution in [3.05, 3.63) is 34.2 Å². The number of hydrogen-bond donors (Lipinski definition) is 1. The molecule has 0 aliphatic heterocycles. The summed E-state index contributed by atoms with van der Waals surface area (Å²) >= 11 is 9.41. The number of aromatic nitrogens is 3. The van der Waals surface area contributed by atoms with E-state index in [1.54, 1.807) is 0 Å². The van der Waals surface area contributed by atoms with Crippen molar-refractivity contribution < 1.29 is 0 Å². The van der Waals surface area contributed by atoms with Gasteiger partial charge in [0.1, 0.15) is 17.4 Å². The number of benzene rings is 1. The summed E-state index contributed by atoms with van der Waals surface area (Å²) in [5.74, 6) is 0. The lowest BCUT2D eigenvalue weighted by molar-refractivity contribution is 1.22. The van der Waals surface area contributed by atoms with Crippen LogP contribution in [-0.2, 0) is 0 Å². The first-order valence-electron chi connectivity index (χ1n) is 4.33. The smallest absolute Gasteiger partial charge is 0.156 e. The van der Waals surface area contributed by atoms with Crippen molar-refractivity contribution in [2.45, 2.75) is 0 Å². The molecule has 0 unspecified atom stereocenters. The van der Waals surface area contributed by atoms with Crippen LogP contribution in [0.15, 0.2) is 29.0 Å². The molecular formula is C10H5BrClN3. The van der Waals surface area contributed by atoms with Gasteiger partial charge >= 0.3 is 0 Å². The van der Waals surface area contributed by atoms with Crippen LogP contribution in [-0.4, -0.2) is 15.0 Å². The van der Waals surface area contributed by atoms with Crippen molar-refractivity contribution in [2.75, 3.05) is 0 Å². The Balaban J connectivity index is 2.58. The van der Waals surface area contributed by atoms with Gasteiger partial charge in [-0.1, -0.05) is 27.5 Å². The fourth-order valence-electron chi connectivity index (χ4n) is 1.64. The number of aromatic amines is 1. The Morgan fingerprint density at radius 2 is 2.13 bits per heavy atom. The van der Waals surface area contributed by atoms with Gasteiger partial charge < -0.3 is 4.98 Å². The highest BCUT2D eigenvalue weighted by Crippen LogP contribution is 2.28. The molecule has 3 rings (SSSR count). The molecule has 74 valence electrons. The average Bonchev–Trinajstić information content (AvgIpc) is 2.58. The van der Waals surface area contributed by atoms with E-state index in [2.05, 4.69) is 30.9 Å². The standard InChI is InChI=1S/C10H5BrClN3/c11-5-1-2-7-6(3-5)8-9(15-7)10(12)14-4-13-8/h1-4,15H. The fourth-order valence-corrected chi connectivity index (χ4v) is 2.18. The van der Waals surface area contributed by atoms with E-state index in [0.29, 0.717) is 5.15 Å². The predicted octanol–water partition coefficient (Wildman–Crippen LogP) is 3.53. The SMILES string of the molecule is Clc1ncnc2c1[nH]c1ccc(Br)cc12. The van der Waals surface area contributed by atoms with Crippen LogP contribution in [0.3, 0.4) is 0 Å². The lowest BCUT2D eigenvalue weighted by Gasteiger charge is -1.91. The molecule has 0 aliphatic carbocycles. The molecule has 0 fully saturated rings. The van der Waals surface area contributed by atoms with Gasteiger partial charge in [-0.3, -0.25) is 0 Å². The highest BCUT2D eigenvalue weighted by molar-refractivity contribution is 9.10. The highest BCUT2D eigenvalue weighted by atomic mass is 79.9. The Kier molecular flexibility index (Phi) is 1.94. The molecule has 0 atom stereocenters. The first-order valence-corrected chi connectivity index (χ1v) is 5.50. The van der Waals surface area contributed by atoms with E-state index in [9.17, 15) is 0 Å². The van der Waals surface area contributed by atoms with Crippen molar-refractivity contribution in [1.29, 1.82) is 0 Å². The molecule has 1 aromatic carbocycles. The summed E-state index contributed by atoms with van der Waals surface area (Å²) < 4.78 is 1.02. The minimum atomic E-state index is 0.451. The minimum Gasteiger partial charge on any atom is -0.351 e. The first kappa shape index (κ1) is 9.12. The van der Waals surface area contributed by atoms with Crippen molar-refractivity contribution >= 4 is 49.5 Å². The Labute approximate surface area is 98.6 Å². The Hall–Kier alpha value is -1.13. The van der Waals surface area contributed by atoms with Crippen molar-refractivity contribution in [1.82, 2.24) is 15.0 Å². The third-order valence-electron chi connectivity index (χ3n) is 2.30. The summed E-state index contributed by atoms with van der Waals surface area (Å²) in [6.07, 6.45) is 1.47. The molecule has 0 aliphatic rings. The molecule has 0 radical (unpaired) electrons. The zero-order chi connectivity index (χ0) is 10.4. The van der Waals surface area contributed by atoms with E-state index in [0.717, 1.165) is 26.4 Å². The molecule has 5 heteroatoms. The normalized spacial score (nSPS) is 11.3. The molecule has 3 nitrogen and oxygen atoms in total. The first-order chi connectivity index (χ1) is 7.25. The summed E-state index contributed by atoms with van der Waals surface area (Å²) in [4.78, 5) is 11.4. The third-order valence-corrected chi connectivity index (χ3v) is 3.08. The summed E-state index contributed by atoms with van der Waals surface area (Å²) in [7, 11) is 0. The lowest BCUT2D eigenvalue weighted by Crippen LogP contribution is -1.79. The number of hydrogen-bond acceptors (Lipinski definition) is 2.